The zero-order chi connectivity index (χ0) is 11.7. The Morgan fingerprint density at radius 2 is 1.60 bits per heavy atom. The summed E-state index contributed by atoms with van der Waals surface area (Å²) >= 11 is 0. The molecule has 1 atom stereocenters. The summed E-state index contributed by atoms with van der Waals surface area (Å²) in [7, 11) is 0. The van der Waals surface area contributed by atoms with E-state index in [4.69, 9.17) is 9.47 Å². The van der Waals surface area contributed by atoms with Crippen LogP contribution in [-0.2, 0) is 19.1 Å². The van der Waals surface area contributed by atoms with Crippen LogP contribution in [0.1, 0.15) is 40.0 Å². The summed E-state index contributed by atoms with van der Waals surface area (Å²) in [5, 5.41) is 0. The summed E-state index contributed by atoms with van der Waals surface area (Å²) in [4.78, 5) is 22.3. The minimum absolute atomic E-state index is 0.0200. The highest BCUT2D eigenvalue weighted by atomic mass is 16.5. The fourth-order valence-corrected chi connectivity index (χ4v) is 1.14. The van der Waals surface area contributed by atoms with E-state index in [9.17, 15) is 9.59 Å². The maximum atomic E-state index is 11.2. The van der Waals surface area contributed by atoms with E-state index in [0.717, 1.165) is 6.42 Å². The number of carbonyl (C=O) groups excluding carboxylic acids is 2. The van der Waals surface area contributed by atoms with Crippen molar-refractivity contribution < 1.29 is 19.1 Å². The summed E-state index contributed by atoms with van der Waals surface area (Å²) in [5.74, 6) is -0.518. The van der Waals surface area contributed by atoms with Gasteiger partial charge in [-0.1, -0.05) is 13.8 Å². The zero-order valence-corrected chi connectivity index (χ0v) is 9.75. The molecule has 4 heteroatoms. The van der Waals surface area contributed by atoms with Gasteiger partial charge in [-0.3, -0.25) is 9.59 Å². The molecular formula is C11H20O4. The second-order valence-corrected chi connectivity index (χ2v) is 3.54. The molecule has 0 fully saturated rings. The molecule has 0 aromatic carbocycles. The van der Waals surface area contributed by atoms with Crippen LogP contribution in [0.5, 0.6) is 0 Å². The number of ether oxygens (including phenoxy) is 2. The average Bonchev–Trinajstić information content (AvgIpc) is 2.14. The number of esters is 2. The lowest BCUT2D eigenvalue weighted by molar-refractivity contribution is -0.146. The molecule has 1 unspecified atom stereocenters. The van der Waals surface area contributed by atoms with Crippen LogP contribution in [0.25, 0.3) is 0 Å². The zero-order valence-electron chi connectivity index (χ0n) is 9.75. The molecule has 0 bridgehead atoms. The lowest BCUT2D eigenvalue weighted by Gasteiger charge is -2.09. The second-order valence-electron chi connectivity index (χ2n) is 3.54. The Hall–Kier alpha value is -1.06. The molecule has 0 heterocycles. The van der Waals surface area contributed by atoms with Crippen molar-refractivity contribution in [1.29, 1.82) is 0 Å². The van der Waals surface area contributed by atoms with Gasteiger partial charge in [0.05, 0.1) is 13.2 Å². The summed E-state index contributed by atoms with van der Waals surface area (Å²) in [6, 6.07) is 0. The van der Waals surface area contributed by atoms with Crippen molar-refractivity contribution in [2.75, 3.05) is 13.2 Å². The Morgan fingerprint density at radius 1 is 1.07 bits per heavy atom. The second kappa shape index (κ2) is 8.26. The smallest absolute Gasteiger partial charge is 0.306 e. The van der Waals surface area contributed by atoms with Crippen LogP contribution < -0.4 is 0 Å². The van der Waals surface area contributed by atoms with Gasteiger partial charge in [0.2, 0.25) is 0 Å². The van der Waals surface area contributed by atoms with Crippen molar-refractivity contribution in [3.05, 3.63) is 0 Å². The van der Waals surface area contributed by atoms with Crippen molar-refractivity contribution in [2.24, 2.45) is 5.92 Å². The largest absolute Gasteiger partial charge is 0.466 e. The lowest BCUT2D eigenvalue weighted by Crippen LogP contribution is -2.14. The molecule has 0 amide bonds. The summed E-state index contributed by atoms with van der Waals surface area (Å²) in [5.41, 5.74) is 0. The van der Waals surface area contributed by atoms with E-state index in [1.165, 1.54) is 0 Å². The maximum absolute atomic E-state index is 11.2. The van der Waals surface area contributed by atoms with E-state index < -0.39 is 0 Å². The number of hydrogen-bond donors (Lipinski definition) is 0. The molecule has 0 N–H and O–H groups in total. The molecule has 4 nitrogen and oxygen atoms in total. The predicted octanol–water partition coefficient (Wildman–Crippen LogP) is 1.92. The van der Waals surface area contributed by atoms with Gasteiger partial charge in [0.25, 0.3) is 0 Å². The van der Waals surface area contributed by atoms with Gasteiger partial charge in [-0.25, -0.2) is 0 Å². The summed E-state index contributed by atoms with van der Waals surface area (Å²) in [6.07, 6.45) is 1.37. The van der Waals surface area contributed by atoms with Gasteiger partial charge in [0.15, 0.2) is 0 Å². The molecule has 0 spiro atoms. The molecule has 88 valence electrons. The normalized spacial score (nSPS) is 11.9. The third-order valence-corrected chi connectivity index (χ3v) is 1.80. The fourth-order valence-electron chi connectivity index (χ4n) is 1.14. The molecule has 0 rings (SSSR count). The first kappa shape index (κ1) is 13.9. The molecule has 0 saturated carbocycles. The minimum atomic E-state index is -0.256. The Balaban J connectivity index is 3.67. The van der Waals surface area contributed by atoms with Crippen molar-refractivity contribution in [2.45, 2.75) is 40.0 Å². The summed E-state index contributed by atoms with van der Waals surface area (Å²) in [6.45, 7) is 6.37. The fraction of sp³-hybridized carbons (Fsp3) is 0.818. The van der Waals surface area contributed by atoms with Crippen LogP contribution in [0.2, 0.25) is 0 Å². The van der Waals surface area contributed by atoms with Crippen molar-refractivity contribution in [3.63, 3.8) is 0 Å². The number of rotatable bonds is 7. The first-order valence-electron chi connectivity index (χ1n) is 5.41. The first-order valence-corrected chi connectivity index (χ1v) is 5.41. The van der Waals surface area contributed by atoms with Crippen LogP contribution in [-0.4, -0.2) is 25.2 Å². The van der Waals surface area contributed by atoms with Gasteiger partial charge in [0, 0.05) is 12.8 Å². The third-order valence-electron chi connectivity index (χ3n) is 1.80. The van der Waals surface area contributed by atoms with Crippen molar-refractivity contribution >= 4 is 11.9 Å². The van der Waals surface area contributed by atoms with E-state index in [-0.39, 0.29) is 30.7 Å². The van der Waals surface area contributed by atoms with E-state index in [1.807, 2.05) is 13.8 Å². The topological polar surface area (TPSA) is 52.6 Å². The van der Waals surface area contributed by atoms with Gasteiger partial charge in [-0.05, 0) is 19.3 Å². The lowest BCUT2D eigenvalue weighted by atomic mass is 10.0. The van der Waals surface area contributed by atoms with Gasteiger partial charge in [-0.15, -0.1) is 0 Å². The van der Waals surface area contributed by atoms with Crippen LogP contribution in [0, 0.1) is 5.92 Å². The Morgan fingerprint density at radius 3 is 2.07 bits per heavy atom. The Bertz CT molecular complexity index is 201. The highest BCUT2D eigenvalue weighted by Gasteiger charge is 2.14. The van der Waals surface area contributed by atoms with Gasteiger partial charge in [-0.2, -0.15) is 0 Å². The molecule has 0 radical (unpaired) electrons. The molecule has 0 aliphatic rings. The van der Waals surface area contributed by atoms with Crippen LogP contribution in [0.3, 0.4) is 0 Å². The van der Waals surface area contributed by atoms with E-state index in [0.29, 0.717) is 13.2 Å². The highest BCUT2D eigenvalue weighted by Crippen LogP contribution is 2.09. The third kappa shape index (κ3) is 7.97. The maximum Gasteiger partial charge on any atom is 0.306 e. The highest BCUT2D eigenvalue weighted by molar-refractivity contribution is 5.73. The van der Waals surface area contributed by atoms with Gasteiger partial charge < -0.3 is 9.47 Å². The number of hydrogen-bond acceptors (Lipinski definition) is 4. The monoisotopic (exact) mass is 216 g/mol. The van der Waals surface area contributed by atoms with Crippen LogP contribution in [0.15, 0.2) is 0 Å². The molecular weight excluding hydrogens is 196 g/mol. The molecule has 0 aliphatic carbocycles. The predicted molar refractivity (Wildman–Crippen MR) is 56.3 cm³/mol. The molecule has 0 aromatic rings. The standard InChI is InChI=1S/C11H20O4/c1-4-6-15-11(13)8-9(3)7-10(12)14-5-2/h9H,4-8H2,1-3H3. The SMILES string of the molecule is CCCOC(=O)CC(C)CC(=O)OCC. The van der Waals surface area contributed by atoms with E-state index >= 15 is 0 Å². The first-order chi connectivity index (χ1) is 7.10. The van der Waals surface area contributed by atoms with Crippen LogP contribution >= 0.6 is 0 Å². The average molecular weight is 216 g/mol. The molecule has 0 aliphatic heterocycles. The van der Waals surface area contributed by atoms with Gasteiger partial charge >= 0.3 is 11.9 Å². The Labute approximate surface area is 90.9 Å². The molecule has 15 heavy (non-hydrogen) atoms. The van der Waals surface area contributed by atoms with E-state index in [2.05, 4.69) is 0 Å². The van der Waals surface area contributed by atoms with Crippen molar-refractivity contribution in [3.8, 4) is 0 Å². The number of carbonyl (C=O) groups is 2. The quantitative estimate of drug-likeness (QED) is 0.610. The summed E-state index contributed by atoms with van der Waals surface area (Å²) < 4.78 is 9.70. The molecule has 0 saturated heterocycles. The molecule has 0 aromatic heterocycles. The van der Waals surface area contributed by atoms with E-state index in [1.54, 1.807) is 6.92 Å². The Kier molecular flexibility index (Phi) is 7.68. The van der Waals surface area contributed by atoms with Crippen molar-refractivity contribution in [1.82, 2.24) is 0 Å². The van der Waals surface area contributed by atoms with Crippen LogP contribution in [0.4, 0.5) is 0 Å². The minimum Gasteiger partial charge on any atom is -0.466 e. The van der Waals surface area contributed by atoms with Gasteiger partial charge in [0.1, 0.15) is 0 Å².